The molecular weight excluding hydrogens is 348 g/mol. The average molecular weight is 366 g/mol. The number of rotatable bonds is 7. The molecule has 3 rings (SSSR count). The third kappa shape index (κ3) is 4.70. The molecule has 3 aromatic carbocycles. The summed E-state index contributed by atoms with van der Waals surface area (Å²) < 4.78 is 30.1. The highest BCUT2D eigenvalue weighted by molar-refractivity contribution is 7.89. The van der Waals surface area contributed by atoms with E-state index in [4.69, 9.17) is 4.74 Å². The molecule has 0 amide bonds. The molecule has 0 fully saturated rings. The lowest BCUT2D eigenvalue weighted by molar-refractivity contribution is 0.306. The number of para-hydroxylation sites is 1. The first-order valence-corrected chi connectivity index (χ1v) is 9.49. The van der Waals surface area contributed by atoms with Crippen LogP contribution in [-0.4, -0.2) is 14.6 Å². The molecule has 1 N–H and O–H groups in total. The van der Waals surface area contributed by atoms with Crippen molar-refractivity contribution in [3.8, 4) is 5.75 Å². The Balaban J connectivity index is 1.69. The topological polar surface area (TPSA) is 67.8 Å². The van der Waals surface area contributed by atoms with Gasteiger partial charge in [0.25, 0.3) is 10.0 Å². The van der Waals surface area contributed by atoms with E-state index in [9.17, 15) is 8.42 Å². The number of sulfonamides is 1. The summed E-state index contributed by atoms with van der Waals surface area (Å²) in [5.41, 5.74) is 1.73. The molecule has 26 heavy (non-hydrogen) atoms. The van der Waals surface area contributed by atoms with Crippen molar-refractivity contribution in [3.63, 3.8) is 0 Å². The maximum atomic E-state index is 12.2. The average Bonchev–Trinajstić information content (AvgIpc) is 2.69. The molecule has 0 aliphatic rings. The molecule has 0 bridgehead atoms. The predicted molar refractivity (Wildman–Crippen MR) is 102 cm³/mol. The van der Waals surface area contributed by atoms with Gasteiger partial charge in [0.15, 0.2) is 0 Å². The van der Waals surface area contributed by atoms with E-state index in [1.165, 1.54) is 18.3 Å². The van der Waals surface area contributed by atoms with Gasteiger partial charge >= 0.3 is 0 Å². The van der Waals surface area contributed by atoms with E-state index in [1.807, 2.05) is 48.5 Å². The van der Waals surface area contributed by atoms with Crippen LogP contribution in [0.2, 0.25) is 0 Å². The normalized spacial score (nSPS) is 11.4. The summed E-state index contributed by atoms with van der Waals surface area (Å²) in [5, 5.41) is 3.86. The van der Waals surface area contributed by atoms with Gasteiger partial charge < -0.3 is 4.74 Å². The van der Waals surface area contributed by atoms with Gasteiger partial charge in [-0.1, -0.05) is 60.7 Å². The van der Waals surface area contributed by atoms with Crippen LogP contribution in [0.5, 0.6) is 5.75 Å². The Labute approximate surface area is 153 Å². The van der Waals surface area contributed by atoms with Gasteiger partial charge in [0.05, 0.1) is 11.1 Å². The van der Waals surface area contributed by atoms with Crippen LogP contribution in [0.3, 0.4) is 0 Å². The Morgan fingerprint density at radius 3 is 2.19 bits per heavy atom. The first kappa shape index (κ1) is 17.7. The number of hydrogen-bond donors (Lipinski definition) is 1. The Morgan fingerprint density at radius 1 is 0.846 bits per heavy atom. The van der Waals surface area contributed by atoms with E-state index in [2.05, 4.69) is 9.93 Å². The van der Waals surface area contributed by atoms with Crippen LogP contribution in [0.25, 0.3) is 0 Å². The highest BCUT2D eigenvalue weighted by Crippen LogP contribution is 2.17. The number of benzene rings is 3. The summed E-state index contributed by atoms with van der Waals surface area (Å²) in [5.74, 6) is 0.624. The lowest BCUT2D eigenvalue weighted by atomic mass is 10.2. The highest BCUT2D eigenvalue weighted by Gasteiger charge is 2.11. The van der Waals surface area contributed by atoms with Crippen molar-refractivity contribution in [3.05, 3.63) is 96.1 Å². The van der Waals surface area contributed by atoms with Crippen LogP contribution >= 0.6 is 0 Å². The van der Waals surface area contributed by atoms with E-state index < -0.39 is 10.0 Å². The summed E-state index contributed by atoms with van der Waals surface area (Å²) in [4.78, 5) is 2.37. The van der Waals surface area contributed by atoms with E-state index in [1.54, 1.807) is 24.3 Å². The fourth-order valence-electron chi connectivity index (χ4n) is 2.27. The van der Waals surface area contributed by atoms with Crippen LogP contribution in [0, 0.1) is 0 Å². The number of hydrogen-bond acceptors (Lipinski definition) is 4. The molecule has 0 heterocycles. The van der Waals surface area contributed by atoms with Gasteiger partial charge in [0.1, 0.15) is 12.4 Å². The molecule has 0 atom stereocenters. The van der Waals surface area contributed by atoms with Crippen molar-refractivity contribution < 1.29 is 13.2 Å². The van der Waals surface area contributed by atoms with Crippen LogP contribution in [0.1, 0.15) is 11.1 Å². The Kier molecular flexibility index (Phi) is 5.66. The third-order valence-corrected chi connectivity index (χ3v) is 4.82. The van der Waals surface area contributed by atoms with Gasteiger partial charge in [0.2, 0.25) is 0 Å². The molecule has 0 aliphatic heterocycles. The SMILES string of the molecule is O=S(=O)(NN=Cc1ccccc1OCc1ccccc1)c1ccccc1. The Morgan fingerprint density at radius 2 is 1.46 bits per heavy atom. The van der Waals surface area contributed by atoms with Crippen molar-refractivity contribution in [2.75, 3.05) is 0 Å². The van der Waals surface area contributed by atoms with Gasteiger partial charge in [-0.3, -0.25) is 0 Å². The van der Waals surface area contributed by atoms with E-state index in [0.29, 0.717) is 17.9 Å². The summed E-state index contributed by atoms with van der Waals surface area (Å²) in [6, 6.07) is 25.2. The first-order valence-electron chi connectivity index (χ1n) is 8.01. The minimum absolute atomic E-state index is 0.158. The van der Waals surface area contributed by atoms with Gasteiger partial charge in [0, 0.05) is 5.56 Å². The monoisotopic (exact) mass is 366 g/mol. The molecule has 0 aromatic heterocycles. The fourth-order valence-corrected chi connectivity index (χ4v) is 3.08. The molecule has 0 aliphatic carbocycles. The number of nitrogens with one attached hydrogen (secondary N) is 1. The maximum Gasteiger partial charge on any atom is 0.276 e. The zero-order valence-electron chi connectivity index (χ0n) is 13.9. The van der Waals surface area contributed by atoms with Crippen molar-refractivity contribution in [1.82, 2.24) is 4.83 Å². The molecule has 3 aromatic rings. The molecule has 5 nitrogen and oxygen atoms in total. The third-order valence-electron chi connectivity index (χ3n) is 3.59. The van der Waals surface area contributed by atoms with Crippen LogP contribution < -0.4 is 9.57 Å². The van der Waals surface area contributed by atoms with Crippen molar-refractivity contribution in [2.24, 2.45) is 5.10 Å². The number of hydrazone groups is 1. The zero-order chi connectivity index (χ0) is 18.2. The fraction of sp³-hybridized carbons (Fsp3) is 0.0500. The van der Waals surface area contributed by atoms with Crippen molar-refractivity contribution >= 4 is 16.2 Å². The van der Waals surface area contributed by atoms with Crippen LogP contribution in [0.15, 0.2) is 94.9 Å². The van der Waals surface area contributed by atoms with Gasteiger partial charge in [-0.05, 0) is 29.8 Å². The minimum Gasteiger partial charge on any atom is -0.488 e. The molecule has 0 unspecified atom stereocenters. The molecule has 0 radical (unpaired) electrons. The Hall–Kier alpha value is -3.12. The Bertz CT molecular complexity index is 972. The predicted octanol–water partition coefficient (Wildman–Crippen LogP) is 3.58. The lowest BCUT2D eigenvalue weighted by Crippen LogP contribution is -2.18. The summed E-state index contributed by atoms with van der Waals surface area (Å²) >= 11 is 0. The van der Waals surface area contributed by atoms with Gasteiger partial charge in [-0.2, -0.15) is 13.5 Å². The maximum absolute atomic E-state index is 12.2. The van der Waals surface area contributed by atoms with Crippen molar-refractivity contribution in [1.29, 1.82) is 0 Å². The van der Waals surface area contributed by atoms with Crippen LogP contribution in [-0.2, 0) is 16.6 Å². The van der Waals surface area contributed by atoms with Crippen molar-refractivity contribution in [2.45, 2.75) is 11.5 Å². The quantitative estimate of drug-likeness (QED) is 0.513. The van der Waals surface area contributed by atoms with Gasteiger partial charge in [-0.25, -0.2) is 4.83 Å². The summed E-state index contributed by atoms with van der Waals surface area (Å²) in [6.45, 7) is 0.418. The van der Waals surface area contributed by atoms with E-state index in [-0.39, 0.29) is 4.90 Å². The van der Waals surface area contributed by atoms with Crippen LogP contribution in [0.4, 0.5) is 0 Å². The second-order valence-corrected chi connectivity index (χ2v) is 7.14. The first-order chi connectivity index (χ1) is 12.6. The number of ether oxygens (including phenoxy) is 1. The van der Waals surface area contributed by atoms with E-state index in [0.717, 1.165) is 5.56 Å². The molecule has 6 heteroatoms. The molecule has 0 spiro atoms. The van der Waals surface area contributed by atoms with E-state index >= 15 is 0 Å². The smallest absolute Gasteiger partial charge is 0.276 e. The molecule has 132 valence electrons. The lowest BCUT2D eigenvalue weighted by Gasteiger charge is -2.09. The minimum atomic E-state index is -3.69. The second kappa shape index (κ2) is 8.31. The highest BCUT2D eigenvalue weighted by atomic mass is 32.2. The second-order valence-electron chi connectivity index (χ2n) is 5.48. The largest absolute Gasteiger partial charge is 0.488 e. The molecule has 0 saturated carbocycles. The zero-order valence-corrected chi connectivity index (χ0v) is 14.8. The molecular formula is C20H18N2O3S. The number of nitrogens with zero attached hydrogens (tertiary/aromatic N) is 1. The van der Waals surface area contributed by atoms with Gasteiger partial charge in [-0.15, -0.1) is 0 Å². The standard InChI is InChI=1S/C20H18N2O3S/c23-26(24,19-12-5-2-6-13-19)22-21-15-18-11-7-8-14-20(18)25-16-17-9-3-1-4-10-17/h1-15,22H,16H2. The summed E-state index contributed by atoms with van der Waals surface area (Å²) in [7, 11) is -3.69. The molecule has 0 saturated heterocycles. The summed E-state index contributed by atoms with van der Waals surface area (Å²) in [6.07, 6.45) is 1.43.